The van der Waals surface area contributed by atoms with Crippen molar-refractivity contribution in [3.63, 3.8) is 0 Å². The second-order valence-electron chi connectivity index (χ2n) is 4.81. The van der Waals surface area contributed by atoms with E-state index in [-0.39, 0.29) is 18.2 Å². The first kappa shape index (κ1) is 13.5. The summed E-state index contributed by atoms with van der Waals surface area (Å²) in [7, 11) is 1.91. The van der Waals surface area contributed by atoms with E-state index in [1.165, 1.54) is 0 Å². The fourth-order valence-corrected chi connectivity index (χ4v) is 2.59. The first-order valence-corrected chi connectivity index (χ1v) is 6.05. The molecule has 3 atom stereocenters. The molecule has 0 aromatic rings. The normalized spacial score (nSPS) is 32.7. The maximum absolute atomic E-state index is 11.1. The van der Waals surface area contributed by atoms with Crippen molar-refractivity contribution in [1.29, 1.82) is 0 Å². The van der Waals surface area contributed by atoms with Gasteiger partial charge in [0.1, 0.15) is 6.04 Å². The van der Waals surface area contributed by atoms with E-state index in [9.17, 15) is 4.79 Å². The molecule has 0 aromatic heterocycles. The van der Waals surface area contributed by atoms with Crippen LogP contribution >= 0.6 is 0 Å². The smallest absolute Gasteiger partial charge is 0.320 e. The molecule has 0 spiro atoms. The van der Waals surface area contributed by atoms with E-state index in [2.05, 4.69) is 13.8 Å². The lowest BCUT2D eigenvalue weighted by Gasteiger charge is -2.39. The Morgan fingerprint density at radius 1 is 1.44 bits per heavy atom. The highest BCUT2D eigenvalue weighted by atomic mass is 16.5. The zero-order valence-corrected chi connectivity index (χ0v) is 10.6. The number of likely N-dealkylation sites (N-methyl/N-ethyl adjacent to an activating group) is 1. The number of carbonyl (C=O) groups is 1. The lowest BCUT2D eigenvalue weighted by molar-refractivity contribution is -0.146. The van der Waals surface area contributed by atoms with Gasteiger partial charge in [-0.2, -0.15) is 0 Å². The standard InChI is InChI=1S/C12H23NO3/c1-5-11(12(14)15)13(4)10-6-8(2)16-9(3)7-10/h8-11H,5-7H2,1-4H3,(H,14,15). The average molecular weight is 229 g/mol. The highest BCUT2D eigenvalue weighted by Crippen LogP contribution is 2.24. The van der Waals surface area contributed by atoms with E-state index < -0.39 is 5.97 Å². The Morgan fingerprint density at radius 3 is 2.31 bits per heavy atom. The van der Waals surface area contributed by atoms with Gasteiger partial charge in [-0.3, -0.25) is 9.69 Å². The van der Waals surface area contributed by atoms with E-state index in [0.29, 0.717) is 12.5 Å². The molecule has 0 radical (unpaired) electrons. The number of nitrogens with zero attached hydrogens (tertiary/aromatic N) is 1. The van der Waals surface area contributed by atoms with Gasteiger partial charge in [0.2, 0.25) is 0 Å². The van der Waals surface area contributed by atoms with Gasteiger partial charge in [-0.05, 0) is 40.2 Å². The van der Waals surface area contributed by atoms with E-state index in [1.807, 2.05) is 18.9 Å². The van der Waals surface area contributed by atoms with Gasteiger partial charge in [-0.15, -0.1) is 0 Å². The average Bonchev–Trinajstić information content (AvgIpc) is 2.16. The maximum atomic E-state index is 11.1. The largest absolute Gasteiger partial charge is 0.480 e. The minimum atomic E-state index is -0.725. The third-order valence-corrected chi connectivity index (χ3v) is 3.41. The van der Waals surface area contributed by atoms with Crippen molar-refractivity contribution >= 4 is 5.97 Å². The topological polar surface area (TPSA) is 49.8 Å². The number of carboxylic acids is 1. The highest BCUT2D eigenvalue weighted by Gasteiger charge is 2.32. The van der Waals surface area contributed by atoms with Crippen molar-refractivity contribution in [2.45, 2.75) is 64.3 Å². The molecule has 3 unspecified atom stereocenters. The van der Waals surface area contributed by atoms with E-state index in [0.717, 1.165) is 12.8 Å². The van der Waals surface area contributed by atoms with Crippen LogP contribution in [0.4, 0.5) is 0 Å². The number of hydrogen-bond donors (Lipinski definition) is 1. The van der Waals surface area contributed by atoms with E-state index in [4.69, 9.17) is 9.84 Å². The van der Waals surface area contributed by atoms with Gasteiger partial charge >= 0.3 is 5.97 Å². The summed E-state index contributed by atoms with van der Waals surface area (Å²) in [6, 6.07) is -0.0534. The van der Waals surface area contributed by atoms with E-state index >= 15 is 0 Å². The number of carboxylic acid groups (broad SMARTS) is 1. The van der Waals surface area contributed by atoms with Gasteiger partial charge < -0.3 is 9.84 Å². The zero-order chi connectivity index (χ0) is 12.3. The SMILES string of the molecule is CCC(C(=O)O)N(C)C1CC(C)OC(C)C1. The van der Waals surface area contributed by atoms with Crippen LogP contribution in [0.2, 0.25) is 0 Å². The zero-order valence-electron chi connectivity index (χ0n) is 10.6. The van der Waals surface area contributed by atoms with Crippen molar-refractivity contribution in [1.82, 2.24) is 4.90 Å². The van der Waals surface area contributed by atoms with Crippen molar-refractivity contribution in [3.05, 3.63) is 0 Å². The van der Waals surface area contributed by atoms with Gasteiger partial charge in [0.05, 0.1) is 12.2 Å². The Morgan fingerprint density at radius 2 is 1.94 bits per heavy atom. The second kappa shape index (κ2) is 5.64. The number of rotatable bonds is 4. The summed E-state index contributed by atoms with van der Waals surface area (Å²) in [6.07, 6.45) is 2.94. The van der Waals surface area contributed by atoms with Gasteiger partial charge in [0.25, 0.3) is 0 Å². The van der Waals surface area contributed by atoms with Crippen molar-refractivity contribution in [2.75, 3.05) is 7.05 Å². The lowest BCUT2D eigenvalue weighted by atomic mass is 9.97. The maximum Gasteiger partial charge on any atom is 0.320 e. The van der Waals surface area contributed by atoms with Crippen LogP contribution in [0, 0.1) is 0 Å². The molecular weight excluding hydrogens is 206 g/mol. The van der Waals surface area contributed by atoms with Crippen molar-refractivity contribution in [3.8, 4) is 0 Å². The van der Waals surface area contributed by atoms with E-state index in [1.54, 1.807) is 0 Å². The summed E-state index contributed by atoms with van der Waals surface area (Å²) in [6.45, 7) is 6.03. The number of aliphatic carboxylic acids is 1. The van der Waals surface area contributed by atoms with Crippen LogP contribution < -0.4 is 0 Å². The highest BCUT2D eigenvalue weighted by molar-refractivity contribution is 5.73. The molecule has 4 nitrogen and oxygen atoms in total. The molecule has 0 aliphatic carbocycles. The molecule has 94 valence electrons. The molecule has 1 saturated heterocycles. The van der Waals surface area contributed by atoms with Crippen LogP contribution in [0.25, 0.3) is 0 Å². The molecule has 0 saturated carbocycles. The Balaban J connectivity index is 2.64. The Bertz CT molecular complexity index is 234. The molecule has 1 heterocycles. The lowest BCUT2D eigenvalue weighted by Crippen LogP contribution is -2.49. The molecule has 0 amide bonds. The van der Waals surface area contributed by atoms with Crippen LogP contribution in [-0.4, -0.2) is 47.3 Å². The number of hydrogen-bond acceptors (Lipinski definition) is 3. The van der Waals surface area contributed by atoms with Gasteiger partial charge in [0, 0.05) is 6.04 Å². The molecule has 1 rings (SSSR count). The summed E-state index contributed by atoms with van der Waals surface area (Å²) in [4.78, 5) is 13.1. The van der Waals surface area contributed by atoms with Crippen LogP contribution in [0.5, 0.6) is 0 Å². The summed E-state index contributed by atoms with van der Waals surface area (Å²) in [5.41, 5.74) is 0. The summed E-state index contributed by atoms with van der Waals surface area (Å²) < 4.78 is 5.67. The molecule has 1 aliphatic rings. The van der Waals surface area contributed by atoms with Crippen LogP contribution in [-0.2, 0) is 9.53 Å². The molecule has 0 aromatic carbocycles. The van der Waals surface area contributed by atoms with Crippen LogP contribution in [0.15, 0.2) is 0 Å². The van der Waals surface area contributed by atoms with Crippen molar-refractivity contribution < 1.29 is 14.6 Å². The summed E-state index contributed by atoms with van der Waals surface area (Å²) in [5, 5.41) is 9.13. The first-order chi connectivity index (χ1) is 7.45. The Kier molecular flexibility index (Phi) is 4.74. The predicted octanol–water partition coefficient (Wildman–Crippen LogP) is 1.74. The fraction of sp³-hybridized carbons (Fsp3) is 0.917. The summed E-state index contributed by atoms with van der Waals surface area (Å²) in [5.74, 6) is -0.725. The van der Waals surface area contributed by atoms with Gasteiger partial charge in [-0.25, -0.2) is 0 Å². The molecule has 1 N–H and O–H groups in total. The monoisotopic (exact) mass is 229 g/mol. The Labute approximate surface area is 97.6 Å². The first-order valence-electron chi connectivity index (χ1n) is 6.05. The molecule has 1 fully saturated rings. The third-order valence-electron chi connectivity index (χ3n) is 3.41. The second-order valence-corrected chi connectivity index (χ2v) is 4.81. The molecular formula is C12H23NO3. The minimum absolute atomic E-state index is 0.225. The number of ether oxygens (including phenoxy) is 1. The molecule has 1 aliphatic heterocycles. The quantitative estimate of drug-likeness (QED) is 0.797. The third kappa shape index (κ3) is 3.19. The predicted molar refractivity (Wildman–Crippen MR) is 62.5 cm³/mol. The van der Waals surface area contributed by atoms with Gasteiger partial charge in [-0.1, -0.05) is 6.92 Å². The molecule has 4 heteroatoms. The molecule has 0 bridgehead atoms. The van der Waals surface area contributed by atoms with Crippen LogP contribution in [0.3, 0.4) is 0 Å². The molecule has 16 heavy (non-hydrogen) atoms. The summed E-state index contributed by atoms with van der Waals surface area (Å²) >= 11 is 0. The van der Waals surface area contributed by atoms with Crippen molar-refractivity contribution in [2.24, 2.45) is 0 Å². The van der Waals surface area contributed by atoms with Crippen LogP contribution in [0.1, 0.15) is 40.0 Å². The Hall–Kier alpha value is -0.610. The minimum Gasteiger partial charge on any atom is -0.480 e. The van der Waals surface area contributed by atoms with Gasteiger partial charge in [0.15, 0.2) is 0 Å². The fourth-order valence-electron chi connectivity index (χ4n) is 2.59.